The SMILES string of the molecule is C[C@@H]1CC[C@H](C(=O)N2CC[C@@H]3CCN(C(=O)c4ccccc4F)[C@@H]3C2)O1. The topological polar surface area (TPSA) is 49.9 Å². The molecule has 3 aliphatic rings. The van der Waals surface area contributed by atoms with Crippen molar-refractivity contribution in [2.45, 2.75) is 50.9 Å². The highest BCUT2D eigenvalue weighted by Gasteiger charge is 2.43. The monoisotopic (exact) mass is 360 g/mol. The first-order valence-corrected chi connectivity index (χ1v) is 9.54. The van der Waals surface area contributed by atoms with Gasteiger partial charge in [-0.05, 0) is 50.7 Å². The van der Waals surface area contributed by atoms with Gasteiger partial charge in [0.25, 0.3) is 11.8 Å². The van der Waals surface area contributed by atoms with Gasteiger partial charge in [0.2, 0.25) is 0 Å². The summed E-state index contributed by atoms with van der Waals surface area (Å²) in [5.74, 6) is -0.329. The van der Waals surface area contributed by atoms with Gasteiger partial charge in [-0.2, -0.15) is 0 Å². The van der Waals surface area contributed by atoms with Crippen molar-refractivity contribution >= 4 is 11.8 Å². The van der Waals surface area contributed by atoms with Gasteiger partial charge >= 0.3 is 0 Å². The Bertz CT molecular complexity index is 710. The van der Waals surface area contributed by atoms with E-state index in [4.69, 9.17) is 4.74 Å². The number of piperidine rings is 1. The largest absolute Gasteiger partial charge is 0.365 e. The first-order chi connectivity index (χ1) is 12.5. The molecular weight excluding hydrogens is 335 g/mol. The summed E-state index contributed by atoms with van der Waals surface area (Å²) < 4.78 is 19.8. The van der Waals surface area contributed by atoms with Crippen molar-refractivity contribution in [2.24, 2.45) is 5.92 Å². The van der Waals surface area contributed by atoms with Crippen LogP contribution in [0, 0.1) is 11.7 Å². The zero-order valence-corrected chi connectivity index (χ0v) is 15.1. The van der Waals surface area contributed by atoms with Gasteiger partial charge in [-0.3, -0.25) is 9.59 Å². The molecule has 0 unspecified atom stereocenters. The molecule has 26 heavy (non-hydrogen) atoms. The Morgan fingerprint density at radius 3 is 2.62 bits per heavy atom. The smallest absolute Gasteiger partial charge is 0.257 e. The van der Waals surface area contributed by atoms with Gasteiger partial charge < -0.3 is 14.5 Å². The molecule has 0 radical (unpaired) electrons. The van der Waals surface area contributed by atoms with E-state index in [1.165, 1.54) is 12.1 Å². The van der Waals surface area contributed by atoms with Gasteiger partial charge in [0.15, 0.2) is 0 Å². The molecule has 3 fully saturated rings. The number of amides is 2. The number of hydrogen-bond donors (Lipinski definition) is 0. The number of ether oxygens (including phenoxy) is 1. The molecule has 1 aromatic carbocycles. The Labute approximate surface area is 153 Å². The van der Waals surface area contributed by atoms with Crippen LogP contribution in [-0.2, 0) is 9.53 Å². The fourth-order valence-electron chi connectivity index (χ4n) is 4.57. The highest BCUT2D eigenvalue weighted by atomic mass is 19.1. The first-order valence-electron chi connectivity index (χ1n) is 9.54. The second-order valence-corrected chi connectivity index (χ2v) is 7.68. The van der Waals surface area contributed by atoms with E-state index in [1.807, 2.05) is 11.8 Å². The van der Waals surface area contributed by atoms with Gasteiger partial charge in [0, 0.05) is 19.6 Å². The zero-order valence-electron chi connectivity index (χ0n) is 15.1. The fourth-order valence-corrected chi connectivity index (χ4v) is 4.57. The highest BCUT2D eigenvalue weighted by molar-refractivity contribution is 5.95. The Morgan fingerprint density at radius 2 is 1.88 bits per heavy atom. The minimum Gasteiger partial charge on any atom is -0.365 e. The molecule has 3 aliphatic heterocycles. The average Bonchev–Trinajstić information content (AvgIpc) is 3.26. The van der Waals surface area contributed by atoms with Crippen LogP contribution < -0.4 is 0 Å². The number of likely N-dealkylation sites (tertiary alicyclic amines) is 2. The lowest BCUT2D eigenvalue weighted by Gasteiger charge is -2.39. The van der Waals surface area contributed by atoms with Crippen molar-refractivity contribution in [3.8, 4) is 0 Å². The van der Waals surface area contributed by atoms with Crippen molar-refractivity contribution in [2.75, 3.05) is 19.6 Å². The molecular formula is C20H25FN2O3. The lowest BCUT2D eigenvalue weighted by molar-refractivity contribution is -0.144. The molecule has 0 N–H and O–H groups in total. The van der Waals surface area contributed by atoms with E-state index >= 15 is 0 Å². The number of fused-ring (bicyclic) bond motifs is 1. The highest BCUT2D eigenvalue weighted by Crippen LogP contribution is 2.34. The van der Waals surface area contributed by atoms with Crippen LogP contribution in [0.2, 0.25) is 0 Å². The Hall–Kier alpha value is -1.95. The Kier molecular flexibility index (Phi) is 4.69. The van der Waals surface area contributed by atoms with E-state index in [0.29, 0.717) is 19.0 Å². The van der Waals surface area contributed by atoms with Crippen LogP contribution >= 0.6 is 0 Å². The minimum absolute atomic E-state index is 0.0290. The molecule has 0 saturated carbocycles. The molecule has 0 aliphatic carbocycles. The molecule has 140 valence electrons. The summed E-state index contributed by atoms with van der Waals surface area (Å²) in [7, 11) is 0. The molecule has 0 aromatic heterocycles. The molecule has 2 amide bonds. The summed E-state index contributed by atoms with van der Waals surface area (Å²) in [4.78, 5) is 29.2. The number of rotatable bonds is 2. The van der Waals surface area contributed by atoms with Gasteiger partial charge in [0.1, 0.15) is 11.9 Å². The number of nitrogens with zero attached hydrogens (tertiary/aromatic N) is 2. The molecule has 0 spiro atoms. The predicted molar refractivity (Wildman–Crippen MR) is 94.1 cm³/mol. The quantitative estimate of drug-likeness (QED) is 0.814. The number of halogens is 1. The summed E-state index contributed by atoms with van der Waals surface area (Å²) in [6.07, 6.45) is 3.27. The van der Waals surface area contributed by atoms with Crippen LogP contribution in [0.4, 0.5) is 4.39 Å². The van der Waals surface area contributed by atoms with E-state index < -0.39 is 5.82 Å². The lowest BCUT2D eigenvalue weighted by atomic mass is 9.91. The number of hydrogen-bond acceptors (Lipinski definition) is 3. The molecule has 3 saturated heterocycles. The van der Waals surface area contributed by atoms with Gasteiger partial charge in [-0.1, -0.05) is 12.1 Å². The van der Waals surface area contributed by atoms with Crippen molar-refractivity contribution in [1.29, 1.82) is 0 Å². The molecule has 4 atom stereocenters. The van der Waals surface area contributed by atoms with E-state index in [0.717, 1.165) is 32.2 Å². The molecule has 4 rings (SSSR count). The predicted octanol–water partition coefficient (Wildman–Crippen LogP) is 2.46. The third-order valence-corrected chi connectivity index (χ3v) is 6.05. The maximum Gasteiger partial charge on any atom is 0.257 e. The standard InChI is InChI=1S/C20H25FN2O3/c1-13-6-7-18(26-13)20(25)22-10-8-14-9-11-23(17(14)12-22)19(24)15-4-2-3-5-16(15)21/h2-5,13-14,17-18H,6-12H2,1H3/t13-,14-,17-,18-/m1/s1. The summed E-state index contributed by atoms with van der Waals surface area (Å²) in [6, 6.07) is 6.08. The molecule has 1 aromatic rings. The maximum atomic E-state index is 14.0. The normalized spacial score (nSPS) is 31.2. The molecule has 3 heterocycles. The zero-order chi connectivity index (χ0) is 18.3. The third-order valence-electron chi connectivity index (χ3n) is 6.05. The summed E-state index contributed by atoms with van der Waals surface area (Å²) in [6.45, 7) is 3.86. The molecule has 6 heteroatoms. The lowest BCUT2D eigenvalue weighted by Crippen LogP contribution is -2.53. The first kappa shape index (κ1) is 17.5. The van der Waals surface area contributed by atoms with Gasteiger partial charge in [-0.25, -0.2) is 4.39 Å². The van der Waals surface area contributed by atoms with Crippen molar-refractivity contribution in [3.63, 3.8) is 0 Å². The minimum atomic E-state index is -0.488. The molecule has 0 bridgehead atoms. The van der Waals surface area contributed by atoms with Crippen molar-refractivity contribution < 1.29 is 18.7 Å². The summed E-state index contributed by atoms with van der Waals surface area (Å²) >= 11 is 0. The summed E-state index contributed by atoms with van der Waals surface area (Å²) in [5.41, 5.74) is 0.115. The van der Waals surface area contributed by atoms with Crippen LogP contribution in [0.25, 0.3) is 0 Å². The number of carbonyl (C=O) groups is 2. The second-order valence-electron chi connectivity index (χ2n) is 7.68. The van der Waals surface area contributed by atoms with Gasteiger partial charge in [0.05, 0.1) is 17.7 Å². The van der Waals surface area contributed by atoms with Crippen molar-refractivity contribution in [3.05, 3.63) is 35.6 Å². The average molecular weight is 360 g/mol. The fraction of sp³-hybridized carbons (Fsp3) is 0.600. The Morgan fingerprint density at radius 1 is 1.12 bits per heavy atom. The molecule has 5 nitrogen and oxygen atoms in total. The Balaban J connectivity index is 1.48. The van der Waals surface area contributed by atoms with Crippen LogP contribution in [0.15, 0.2) is 24.3 Å². The number of benzene rings is 1. The summed E-state index contributed by atoms with van der Waals surface area (Å²) in [5, 5.41) is 0. The maximum absolute atomic E-state index is 14.0. The van der Waals surface area contributed by atoms with E-state index in [9.17, 15) is 14.0 Å². The van der Waals surface area contributed by atoms with Crippen molar-refractivity contribution in [1.82, 2.24) is 9.80 Å². The third kappa shape index (κ3) is 3.11. The van der Waals surface area contributed by atoms with E-state index in [2.05, 4.69) is 0 Å². The van der Waals surface area contributed by atoms with Crippen LogP contribution in [-0.4, -0.2) is 59.5 Å². The van der Waals surface area contributed by atoms with Gasteiger partial charge in [-0.15, -0.1) is 0 Å². The second kappa shape index (κ2) is 6.99. The van der Waals surface area contributed by atoms with Crippen LogP contribution in [0.1, 0.15) is 43.0 Å². The van der Waals surface area contributed by atoms with Crippen LogP contribution in [0.5, 0.6) is 0 Å². The number of carbonyl (C=O) groups excluding carboxylic acids is 2. The van der Waals surface area contributed by atoms with E-state index in [1.54, 1.807) is 17.0 Å². The van der Waals surface area contributed by atoms with Crippen LogP contribution in [0.3, 0.4) is 0 Å². The van der Waals surface area contributed by atoms with E-state index in [-0.39, 0.29) is 35.6 Å².